The van der Waals surface area contributed by atoms with Crippen LogP contribution in [0.3, 0.4) is 0 Å². The number of halogens is 2. The molecule has 1 N–H and O–H groups in total. The molecular formula is C18H20F2N2O2. The Morgan fingerprint density at radius 1 is 1.29 bits per heavy atom. The van der Waals surface area contributed by atoms with Crippen molar-refractivity contribution in [2.45, 2.75) is 45.5 Å². The van der Waals surface area contributed by atoms with E-state index in [0.717, 1.165) is 16.8 Å². The molecule has 1 aliphatic carbocycles. The maximum atomic E-state index is 13.2. The maximum absolute atomic E-state index is 13.2. The molecule has 128 valence electrons. The molecule has 0 bridgehead atoms. The Morgan fingerprint density at radius 3 is 2.62 bits per heavy atom. The highest BCUT2D eigenvalue weighted by Gasteiger charge is 2.37. The number of benzene rings is 1. The fourth-order valence-electron chi connectivity index (χ4n) is 2.95. The zero-order valence-corrected chi connectivity index (χ0v) is 13.7. The summed E-state index contributed by atoms with van der Waals surface area (Å²) in [6.45, 7) is 3.77. The molecule has 2 aromatic rings. The normalized spacial score (nSPS) is 17.7. The summed E-state index contributed by atoms with van der Waals surface area (Å²) in [6, 6.07) is 5.47. The lowest BCUT2D eigenvalue weighted by molar-refractivity contribution is -0.124. The molecule has 0 unspecified atom stereocenters. The molecule has 0 saturated heterocycles. The van der Waals surface area contributed by atoms with E-state index in [4.69, 9.17) is 4.42 Å². The number of carbonyl (C=O) groups is 1. The van der Waals surface area contributed by atoms with Crippen molar-refractivity contribution in [1.82, 2.24) is 4.98 Å². The van der Waals surface area contributed by atoms with Gasteiger partial charge in [0.05, 0.1) is 5.69 Å². The summed E-state index contributed by atoms with van der Waals surface area (Å²) in [4.78, 5) is 16.6. The summed E-state index contributed by atoms with van der Waals surface area (Å²) < 4.78 is 31.8. The number of aromatic nitrogens is 1. The largest absolute Gasteiger partial charge is 0.444 e. The number of nitrogens with zero attached hydrogens (tertiary/aromatic N) is 1. The van der Waals surface area contributed by atoms with Crippen LogP contribution in [0.15, 0.2) is 28.9 Å². The molecule has 1 heterocycles. The molecule has 1 aromatic carbocycles. The van der Waals surface area contributed by atoms with Gasteiger partial charge in [-0.25, -0.2) is 13.8 Å². The van der Waals surface area contributed by atoms with Crippen molar-refractivity contribution in [1.29, 1.82) is 0 Å². The number of hydrogen-bond donors (Lipinski definition) is 1. The molecule has 1 saturated carbocycles. The summed E-state index contributed by atoms with van der Waals surface area (Å²) in [7, 11) is 0. The molecule has 6 heteroatoms. The van der Waals surface area contributed by atoms with E-state index in [0.29, 0.717) is 11.6 Å². The topological polar surface area (TPSA) is 55.1 Å². The van der Waals surface area contributed by atoms with Gasteiger partial charge in [0.15, 0.2) is 0 Å². The van der Waals surface area contributed by atoms with E-state index in [1.165, 1.54) is 0 Å². The molecule has 1 aliphatic rings. The summed E-state index contributed by atoms with van der Waals surface area (Å²) in [5.41, 5.74) is 3.18. The fraction of sp³-hybridized carbons (Fsp3) is 0.444. The van der Waals surface area contributed by atoms with Crippen LogP contribution in [0.2, 0.25) is 0 Å². The Bertz CT molecular complexity index is 745. The minimum atomic E-state index is -2.63. The zero-order chi connectivity index (χ0) is 17.3. The van der Waals surface area contributed by atoms with Crippen molar-refractivity contribution < 1.29 is 18.0 Å². The highest BCUT2D eigenvalue weighted by molar-refractivity contribution is 5.93. The van der Waals surface area contributed by atoms with Crippen molar-refractivity contribution in [3.8, 4) is 11.5 Å². The first-order valence-electron chi connectivity index (χ1n) is 8.06. The first-order chi connectivity index (χ1) is 11.3. The van der Waals surface area contributed by atoms with E-state index in [2.05, 4.69) is 10.3 Å². The predicted octanol–water partition coefficient (Wildman–Crippen LogP) is 4.72. The third-order valence-corrected chi connectivity index (χ3v) is 4.44. The summed E-state index contributed by atoms with van der Waals surface area (Å²) in [5.74, 6) is -2.70. The van der Waals surface area contributed by atoms with Gasteiger partial charge in [0.1, 0.15) is 6.26 Å². The average molecular weight is 334 g/mol. The zero-order valence-electron chi connectivity index (χ0n) is 13.7. The van der Waals surface area contributed by atoms with Crippen molar-refractivity contribution in [2.75, 3.05) is 5.32 Å². The molecule has 1 aromatic heterocycles. The van der Waals surface area contributed by atoms with Crippen LogP contribution in [0.5, 0.6) is 0 Å². The lowest BCUT2D eigenvalue weighted by atomic mass is 9.86. The lowest BCUT2D eigenvalue weighted by Gasteiger charge is -2.27. The highest BCUT2D eigenvalue weighted by atomic mass is 19.3. The third-order valence-electron chi connectivity index (χ3n) is 4.44. The first kappa shape index (κ1) is 16.6. The number of nitrogens with one attached hydrogen (secondary N) is 1. The first-order valence-corrected chi connectivity index (χ1v) is 8.06. The Kier molecular flexibility index (Phi) is 4.39. The standard InChI is InChI=1S/C18H20F2N2O2/c1-11-3-4-14(9-15(11)17-21-12(2)10-24-17)22-16(23)13-5-7-18(19,20)8-6-13/h3-4,9-10,13H,5-8H2,1-2H3,(H,22,23). The van der Waals surface area contributed by atoms with Gasteiger partial charge in [-0.3, -0.25) is 4.79 Å². The average Bonchev–Trinajstić information content (AvgIpc) is 2.95. The second-order valence-corrected chi connectivity index (χ2v) is 6.44. The van der Waals surface area contributed by atoms with Crippen molar-refractivity contribution in [3.05, 3.63) is 35.7 Å². The van der Waals surface area contributed by atoms with Gasteiger partial charge in [0, 0.05) is 30.0 Å². The van der Waals surface area contributed by atoms with Gasteiger partial charge in [-0.15, -0.1) is 0 Å². The molecule has 24 heavy (non-hydrogen) atoms. The Balaban J connectivity index is 1.73. The molecule has 1 amide bonds. The quantitative estimate of drug-likeness (QED) is 0.883. The van der Waals surface area contributed by atoms with E-state index < -0.39 is 5.92 Å². The molecule has 0 atom stereocenters. The molecular weight excluding hydrogens is 314 g/mol. The van der Waals surface area contributed by atoms with E-state index in [1.54, 1.807) is 18.4 Å². The van der Waals surface area contributed by atoms with Crippen LogP contribution >= 0.6 is 0 Å². The summed E-state index contributed by atoms with van der Waals surface area (Å²) >= 11 is 0. The van der Waals surface area contributed by atoms with Gasteiger partial charge in [-0.05, 0) is 44.4 Å². The van der Waals surface area contributed by atoms with Gasteiger partial charge in [-0.2, -0.15) is 0 Å². The number of alkyl halides is 2. The Hall–Kier alpha value is -2.24. The van der Waals surface area contributed by atoms with E-state index in [1.807, 2.05) is 19.9 Å². The molecule has 4 nitrogen and oxygen atoms in total. The van der Waals surface area contributed by atoms with Crippen molar-refractivity contribution in [3.63, 3.8) is 0 Å². The molecule has 0 radical (unpaired) electrons. The fourth-order valence-corrected chi connectivity index (χ4v) is 2.95. The van der Waals surface area contributed by atoms with Gasteiger partial charge in [0.2, 0.25) is 17.7 Å². The number of anilines is 1. The summed E-state index contributed by atoms with van der Waals surface area (Å²) in [6.07, 6.45) is 1.56. The van der Waals surface area contributed by atoms with E-state index in [-0.39, 0.29) is 37.5 Å². The number of amides is 1. The summed E-state index contributed by atoms with van der Waals surface area (Å²) in [5, 5.41) is 2.83. The molecule has 1 fully saturated rings. The number of aryl methyl sites for hydroxylation is 2. The minimum Gasteiger partial charge on any atom is -0.444 e. The number of oxazole rings is 1. The number of carbonyl (C=O) groups excluding carboxylic acids is 1. The van der Waals surface area contributed by atoms with E-state index >= 15 is 0 Å². The van der Waals surface area contributed by atoms with Crippen molar-refractivity contribution in [2.24, 2.45) is 5.92 Å². The van der Waals surface area contributed by atoms with Crippen LogP contribution < -0.4 is 5.32 Å². The smallest absolute Gasteiger partial charge is 0.248 e. The van der Waals surface area contributed by atoms with Crippen LogP contribution in [0.1, 0.15) is 36.9 Å². The number of hydrogen-bond acceptors (Lipinski definition) is 3. The highest BCUT2D eigenvalue weighted by Crippen LogP contribution is 2.36. The Morgan fingerprint density at radius 2 is 2.00 bits per heavy atom. The minimum absolute atomic E-state index is 0.205. The molecule has 0 aliphatic heterocycles. The number of rotatable bonds is 3. The molecule has 0 spiro atoms. The van der Waals surface area contributed by atoms with Crippen molar-refractivity contribution >= 4 is 11.6 Å². The second kappa shape index (κ2) is 6.34. The van der Waals surface area contributed by atoms with Crippen LogP contribution in [0, 0.1) is 19.8 Å². The van der Waals surface area contributed by atoms with Gasteiger partial charge < -0.3 is 9.73 Å². The van der Waals surface area contributed by atoms with E-state index in [9.17, 15) is 13.6 Å². The van der Waals surface area contributed by atoms with Gasteiger partial charge in [-0.1, -0.05) is 6.07 Å². The Labute approximate surface area is 139 Å². The van der Waals surface area contributed by atoms with Crippen LogP contribution in [0.25, 0.3) is 11.5 Å². The van der Waals surface area contributed by atoms with Crippen LogP contribution in [0.4, 0.5) is 14.5 Å². The van der Waals surface area contributed by atoms with Gasteiger partial charge >= 0.3 is 0 Å². The third kappa shape index (κ3) is 3.63. The second-order valence-electron chi connectivity index (χ2n) is 6.44. The SMILES string of the molecule is Cc1coc(-c2cc(NC(=O)C3CCC(F)(F)CC3)ccc2C)n1. The molecule has 3 rings (SSSR count). The lowest BCUT2D eigenvalue weighted by Crippen LogP contribution is -2.31. The monoisotopic (exact) mass is 334 g/mol. The van der Waals surface area contributed by atoms with Gasteiger partial charge in [0.25, 0.3) is 0 Å². The van der Waals surface area contributed by atoms with Crippen LogP contribution in [-0.4, -0.2) is 16.8 Å². The predicted molar refractivity (Wildman–Crippen MR) is 86.9 cm³/mol. The van der Waals surface area contributed by atoms with Crippen LogP contribution in [-0.2, 0) is 4.79 Å². The maximum Gasteiger partial charge on any atom is 0.248 e.